The summed E-state index contributed by atoms with van der Waals surface area (Å²) in [6.45, 7) is 2.64. The first-order valence-corrected chi connectivity index (χ1v) is 8.68. The van der Waals surface area contributed by atoms with Gasteiger partial charge < -0.3 is 24.6 Å². The Labute approximate surface area is 156 Å². The van der Waals surface area contributed by atoms with Crippen LogP contribution in [0, 0.1) is 0 Å². The number of nitrogens with one attached hydrogen (secondary N) is 1. The van der Waals surface area contributed by atoms with Gasteiger partial charge in [0.2, 0.25) is 0 Å². The predicted octanol–water partition coefficient (Wildman–Crippen LogP) is 2.80. The molecule has 2 N–H and O–H groups in total. The molecule has 1 unspecified atom stereocenters. The number of hydrogen-bond acceptors (Lipinski definition) is 5. The van der Waals surface area contributed by atoms with Gasteiger partial charge in [0.15, 0.2) is 18.1 Å². The van der Waals surface area contributed by atoms with Gasteiger partial charge in [-0.2, -0.15) is 0 Å². The molecule has 0 aromatic heterocycles. The third kappa shape index (κ3) is 4.91. The van der Waals surface area contributed by atoms with E-state index in [2.05, 4.69) is 5.32 Å². The fraction of sp³-hybridized carbons (Fsp3) is 0.300. The van der Waals surface area contributed by atoms with Gasteiger partial charge in [0, 0.05) is 12.0 Å². The number of fused-ring (bicyclic) bond motifs is 1. The summed E-state index contributed by atoms with van der Waals surface area (Å²) in [7, 11) is 0. The van der Waals surface area contributed by atoms with E-state index in [4.69, 9.17) is 19.3 Å². The van der Waals surface area contributed by atoms with Crippen molar-refractivity contribution in [2.45, 2.75) is 19.4 Å². The van der Waals surface area contributed by atoms with Crippen molar-refractivity contribution in [1.82, 2.24) is 5.32 Å². The minimum absolute atomic E-state index is 0.218. The van der Waals surface area contributed by atoms with Crippen LogP contribution in [0.5, 0.6) is 17.2 Å². The Kier molecular flexibility index (Phi) is 5.80. The van der Waals surface area contributed by atoms with Crippen molar-refractivity contribution in [3.63, 3.8) is 0 Å². The zero-order valence-corrected chi connectivity index (χ0v) is 14.9. The highest BCUT2D eigenvalue weighted by atomic mass is 16.5. The lowest BCUT2D eigenvalue weighted by Gasteiger charge is -2.16. The average molecular weight is 371 g/mol. The van der Waals surface area contributed by atoms with Crippen molar-refractivity contribution >= 4 is 11.9 Å². The number of carboxylic acids is 1. The molecular weight excluding hydrogens is 350 g/mol. The molecule has 1 heterocycles. The maximum absolute atomic E-state index is 12.5. The SMILES string of the molecule is CC(NC(=O)c1ccc2c(c1)OCCCO2)c1ccc(OCC(=O)O)cc1. The summed E-state index contributed by atoms with van der Waals surface area (Å²) >= 11 is 0. The van der Waals surface area contributed by atoms with E-state index in [1.54, 1.807) is 42.5 Å². The van der Waals surface area contributed by atoms with Crippen LogP contribution >= 0.6 is 0 Å². The summed E-state index contributed by atoms with van der Waals surface area (Å²) in [4.78, 5) is 23.1. The van der Waals surface area contributed by atoms with Crippen molar-refractivity contribution < 1.29 is 28.9 Å². The lowest BCUT2D eigenvalue weighted by Crippen LogP contribution is -2.26. The first-order valence-electron chi connectivity index (χ1n) is 8.68. The Balaban J connectivity index is 1.63. The molecule has 0 fully saturated rings. The lowest BCUT2D eigenvalue weighted by molar-refractivity contribution is -0.139. The van der Waals surface area contributed by atoms with Crippen LogP contribution < -0.4 is 19.5 Å². The zero-order valence-electron chi connectivity index (χ0n) is 14.9. The maximum Gasteiger partial charge on any atom is 0.341 e. The minimum atomic E-state index is -1.03. The molecule has 0 aliphatic carbocycles. The number of carbonyl (C=O) groups excluding carboxylic acids is 1. The van der Waals surface area contributed by atoms with Crippen LogP contribution in [0.4, 0.5) is 0 Å². The van der Waals surface area contributed by atoms with Gasteiger partial charge in [-0.1, -0.05) is 12.1 Å². The Morgan fingerprint density at radius 3 is 2.52 bits per heavy atom. The molecule has 0 bridgehead atoms. The highest BCUT2D eigenvalue weighted by molar-refractivity contribution is 5.95. The standard InChI is InChI=1S/C20H21NO6/c1-13(14-3-6-16(7-4-14)27-12-19(22)23)21-20(24)15-5-8-17-18(11-15)26-10-2-9-25-17/h3-8,11,13H,2,9-10,12H2,1H3,(H,21,24)(H,22,23). The Bertz CT molecular complexity index is 818. The summed E-state index contributed by atoms with van der Waals surface area (Å²) in [5, 5.41) is 11.6. The third-order valence-electron chi connectivity index (χ3n) is 4.10. The molecule has 1 aliphatic heterocycles. The number of carboxylic acid groups (broad SMARTS) is 1. The van der Waals surface area contributed by atoms with Crippen molar-refractivity contribution in [1.29, 1.82) is 0 Å². The van der Waals surface area contributed by atoms with E-state index in [0.29, 0.717) is 36.0 Å². The third-order valence-corrected chi connectivity index (χ3v) is 4.10. The number of rotatable bonds is 6. The van der Waals surface area contributed by atoms with E-state index < -0.39 is 12.6 Å². The normalized spacial score (nSPS) is 14.0. The van der Waals surface area contributed by atoms with Crippen LogP contribution in [0.1, 0.15) is 35.3 Å². The molecule has 1 amide bonds. The van der Waals surface area contributed by atoms with Gasteiger partial charge in [-0.3, -0.25) is 4.79 Å². The van der Waals surface area contributed by atoms with E-state index >= 15 is 0 Å². The Morgan fingerprint density at radius 1 is 1.11 bits per heavy atom. The molecule has 1 aliphatic rings. The van der Waals surface area contributed by atoms with Crippen molar-refractivity contribution in [2.75, 3.05) is 19.8 Å². The van der Waals surface area contributed by atoms with Crippen LogP contribution in [0.2, 0.25) is 0 Å². The van der Waals surface area contributed by atoms with Gasteiger partial charge in [-0.05, 0) is 42.8 Å². The molecule has 3 rings (SSSR count). The Hall–Kier alpha value is -3.22. The van der Waals surface area contributed by atoms with E-state index in [1.165, 1.54) is 0 Å². The number of carbonyl (C=O) groups is 2. The molecule has 0 radical (unpaired) electrons. The number of amides is 1. The van der Waals surface area contributed by atoms with Crippen LogP contribution in [-0.2, 0) is 4.79 Å². The van der Waals surface area contributed by atoms with E-state index in [9.17, 15) is 9.59 Å². The predicted molar refractivity (Wildman–Crippen MR) is 97.5 cm³/mol. The second-order valence-corrected chi connectivity index (χ2v) is 6.16. The zero-order chi connectivity index (χ0) is 19.2. The van der Waals surface area contributed by atoms with Crippen LogP contribution in [0.3, 0.4) is 0 Å². The summed E-state index contributed by atoms with van der Waals surface area (Å²) in [5.41, 5.74) is 1.37. The first-order chi connectivity index (χ1) is 13.0. The molecule has 0 saturated heterocycles. The molecule has 2 aromatic rings. The van der Waals surface area contributed by atoms with Gasteiger partial charge in [0.25, 0.3) is 5.91 Å². The highest BCUT2D eigenvalue weighted by Gasteiger charge is 2.16. The van der Waals surface area contributed by atoms with Crippen molar-refractivity contribution in [3.8, 4) is 17.2 Å². The second-order valence-electron chi connectivity index (χ2n) is 6.16. The molecule has 0 spiro atoms. The number of ether oxygens (including phenoxy) is 3. The molecule has 142 valence electrons. The monoisotopic (exact) mass is 371 g/mol. The smallest absolute Gasteiger partial charge is 0.341 e. The maximum atomic E-state index is 12.5. The summed E-state index contributed by atoms with van der Waals surface area (Å²) in [5.74, 6) is 0.434. The van der Waals surface area contributed by atoms with E-state index in [1.807, 2.05) is 6.92 Å². The van der Waals surface area contributed by atoms with Crippen LogP contribution in [-0.4, -0.2) is 36.8 Å². The quantitative estimate of drug-likeness (QED) is 0.811. The van der Waals surface area contributed by atoms with Gasteiger partial charge >= 0.3 is 5.97 Å². The highest BCUT2D eigenvalue weighted by Crippen LogP contribution is 2.30. The van der Waals surface area contributed by atoms with Crippen LogP contribution in [0.15, 0.2) is 42.5 Å². The molecule has 7 nitrogen and oxygen atoms in total. The van der Waals surface area contributed by atoms with Gasteiger partial charge in [0.1, 0.15) is 5.75 Å². The fourth-order valence-electron chi connectivity index (χ4n) is 2.67. The number of hydrogen-bond donors (Lipinski definition) is 2. The molecule has 2 aromatic carbocycles. The summed E-state index contributed by atoms with van der Waals surface area (Å²) in [6, 6.07) is 11.8. The van der Waals surface area contributed by atoms with Crippen molar-refractivity contribution in [2.24, 2.45) is 0 Å². The van der Waals surface area contributed by atoms with Gasteiger partial charge in [-0.25, -0.2) is 4.79 Å². The fourth-order valence-corrected chi connectivity index (χ4v) is 2.67. The first kappa shape index (κ1) is 18.6. The summed E-state index contributed by atoms with van der Waals surface area (Å²) in [6.07, 6.45) is 0.805. The molecule has 27 heavy (non-hydrogen) atoms. The molecule has 0 saturated carbocycles. The average Bonchev–Trinajstić information content (AvgIpc) is 2.91. The molecular formula is C20H21NO6. The second kappa shape index (κ2) is 8.44. The largest absolute Gasteiger partial charge is 0.490 e. The van der Waals surface area contributed by atoms with E-state index in [-0.39, 0.29) is 11.9 Å². The number of aliphatic carboxylic acids is 1. The number of benzene rings is 2. The molecule has 1 atom stereocenters. The lowest BCUT2D eigenvalue weighted by atomic mass is 10.1. The van der Waals surface area contributed by atoms with Crippen LogP contribution in [0.25, 0.3) is 0 Å². The van der Waals surface area contributed by atoms with Gasteiger partial charge in [-0.15, -0.1) is 0 Å². The van der Waals surface area contributed by atoms with Crippen molar-refractivity contribution in [3.05, 3.63) is 53.6 Å². The summed E-state index contributed by atoms with van der Waals surface area (Å²) < 4.78 is 16.3. The Morgan fingerprint density at radius 2 is 1.81 bits per heavy atom. The molecule has 7 heteroatoms. The van der Waals surface area contributed by atoms with Gasteiger partial charge in [0.05, 0.1) is 19.3 Å². The minimum Gasteiger partial charge on any atom is -0.490 e. The van der Waals surface area contributed by atoms with E-state index in [0.717, 1.165) is 12.0 Å². The topological polar surface area (TPSA) is 94.1 Å².